The number of nitrogens with one attached hydrogen (secondary N) is 3. The van der Waals surface area contributed by atoms with Crippen molar-refractivity contribution in [3.05, 3.63) is 65.7 Å². The maximum Gasteiger partial charge on any atom is 0.243 e. The third-order valence-corrected chi connectivity index (χ3v) is 6.72. The van der Waals surface area contributed by atoms with Crippen molar-refractivity contribution in [2.75, 3.05) is 20.3 Å². The molecule has 2 aliphatic heterocycles. The summed E-state index contributed by atoms with van der Waals surface area (Å²) in [6.07, 6.45) is 0.134. The molecule has 5 atom stereocenters. The number of carbonyl (C=O) groups is 3. The first-order valence-corrected chi connectivity index (χ1v) is 12.2. The van der Waals surface area contributed by atoms with E-state index in [1.807, 2.05) is 42.5 Å². The van der Waals surface area contributed by atoms with E-state index < -0.39 is 41.6 Å². The van der Waals surface area contributed by atoms with Crippen molar-refractivity contribution in [2.24, 2.45) is 0 Å². The van der Waals surface area contributed by atoms with Gasteiger partial charge in [-0.05, 0) is 49.6 Å². The number of ether oxygens (including phenoxy) is 2. The highest BCUT2D eigenvalue weighted by Gasteiger charge is 2.50. The molecule has 192 valence electrons. The fourth-order valence-corrected chi connectivity index (χ4v) is 4.38. The summed E-state index contributed by atoms with van der Waals surface area (Å²) < 4.78 is 10.6. The molecule has 2 heterocycles. The van der Waals surface area contributed by atoms with Crippen molar-refractivity contribution >= 4 is 17.6 Å². The summed E-state index contributed by atoms with van der Waals surface area (Å²) in [7, 11) is 1.57. The van der Waals surface area contributed by atoms with Gasteiger partial charge in [-0.1, -0.05) is 42.5 Å². The normalized spacial score (nSPS) is 24.4. The van der Waals surface area contributed by atoms with E-state index in [0.717, 1.165) is 11.1 Å². The van der Waals surface area contributed by atoms with E-state index >= 15 is 0 Å². The van der Waals surface area contributed by atoms with E-state index in [-0.39, 0.29) is 12.2 Å². The summed E-state index contributed by atoms with van der Waals surface area (Å²) in [5.41, 5.74) is 0.785. The molecule has 2 aliphatic rings. The van der Waals surface area contributed by atoms with Crippen molar-refractivity contribution in [1.82, 2.24) is 16.0 Å². The number of Topliss-reactive ketones (excluding diaryl/α,β-unsaturated/α-hetero) is 1. The van der Waals surface area contributed by atoms with Crippen molar-refractivity contribution in [1.29, 1.82) is 0 Å². The lowest BCUT2D eigenvalue weighted by Gasteiger charge is -2.25. The van der Waals surface area contributed by atoms with Crippen LogP contribution in [0.2, 0.25) is 0 Å². The van der Waals surface area contributed by atoms with Gasteiger partial charge in [-0.25, -0.2) is 0 Å². The minimum absolute atomic E-state index is 0.199. The van der Waals surface area contributed by atoms with Crippen LogP contribution in [0.4, 0.5) is 0 Å². The number of aliphatic hydroxyl groups is 1. The minimum Gasteiger partial charge on any atom is -0.497 e. The van der Waals surface area contributed by atoms with Gasteiger partial charge in [-0.2, -0.15) is 0 Å². The Labute approximate surface area is 210 Å². The first kappa shape index (κ1) is 25.8. The summed E-state index contributed by atoms with van der Waals surface area (Å²) in [6, 6.07) is 14.0. The SMILES string of the molecule is COc1ccc(C[C@H](NC(=O)[C@H]2NCC[C@@H]2O)C(=O)N[C@@H](Cc2ccccc2)C(=O)[C@@]2(C)CO2)cc1. The first-order chi connectivity index (χ1) is 17.3. The van der Waals surface area contributed by atoms with Crippen LogP contribution in [-0.4, -0.2) is 72.8 Å². The predicted molar refractivity (Wildman–Crippen MR) is 132 cm³/mol. The molecule has 0 bridgehead atoms. The molecule has 2 fully saturated rings. The predicted octanol–water partition coefficient (Wildman–Crippen LogP) is 0.531. The highest BCUT2D eigenvalue weighted by Crippen LogP contribution is 2.29. The Morgan fingerprint density at radius 2 is 1.69 bits per heavy atom. The molecule has 0 radical (unpaired) electrons. The second-order valence-electron chi connectivity index (χ2n) is 9.54. The molecule has 2 saturated heterocycles. The number of benzene rings is 2. The molecule has 4 rings (SSSR count). The van der Waals surface area contributed by atoms with E-state index in [4.69, 9.17) is 9.47 Å². The first-order valence-electron chi connectivity index (χ1n) is 12.2. The number of epoxide rings is 1. The van der Waals surface area contributed by atoms with Gasteiger partial charge in [0.05, 0.1) is 25.9 Å². The largest absolute Gasteiger partial charge is 0.497 e. The standard InChI is InChI=1S/C27H33N3O6/c1-27(16-36-27)24(32)20(14-17-6-4-3-5-7-17)29-25(33)21(15-18-8-10-19(35-2)11-9-18)30-26(34)23-22(31)12-13-28-23/h3-11,20-23,28,31H,12-16H2,1-2H3,(H,29,33)(H,30,34)/t20-,21-,22-,23-,27+/m0/s1. The molecule has 4 N–H and O–H groups in total. The number of hydrogen-bond donors (Lipinski definition) is 4. The molecule has 2 aromatic carbocycles. The smallest absolute Gasteiger partial charge is 0.243 e. The molecule has 2 aromatic rings. The summed E-state index contributed by atoms with van der Waals surface area (Å²) >= 11 is 0. The Morgan fingerprint density at radius 1 is 1.06 bits per heavy atom. The van der Waals surface area contributed by atoms with Crippen molar-refractivity contribution < 1.29 is 29.0 Å². The van der Waals surface area contributed by atoms with Crippen molar-refractivity contribution in [3.8, 4) is 5.75 Å². The number of aliphatic hydroxyl groups excluding tert-OH is 1. The molecule has 0 aromatic heterocycles. The van der Waals surface area contributed by atoms with Gasteiger partial charge in [-0.3, -0.25) is 14.4 Å². The maximum absolute atomic E-state index is 13.5. The van der Waals surface area contributed by atoms with Gasteiger partial charge in [-0.15, -0.1) is 0 Å². The van der Waals surface area contributed by atoms with Crippen LogP contribution in [0.1, 0.15) is 24.5 Å². The highest BCUT2D eigenvalue weighted by atomic mass is 16.6. The van der Waals surface area contributed by atoms with Gasteiger partial charge in [0.2, 0.25) is 11.8 Å². The molecular formula is C27H33N3O6. The zero-order valence-corrected chi connectivity index (χ0v) is 20.5. The minimum atomic E-state index is -0.959. The Hall–Kier alpha value is -3.27. The summed E-state index contributed by atoms with van der Waals surface area (Å²) in [6.45, 7) is 2.54. The quantitative estimate of drug-likeness (QED) is 0.335. The molecule has 9 heteroatoms. The van der Waals surface area contributed by atoms with Crippen molar-refractivity contribution in [3.63, 3.8) is 0 Å². The number of carbonyl (C=O) groups excluding carboxylic acids is 3. The fraction of sp³-hybridized carbons (Fsp3) is 0.444. The third kappa shape index (κ3) is 6.29. The van der Waals surface area contributed by atoms with Gasteiger partial charge in [0.1, 0.15) is 23.4 Å². The Balaban J connectivity index is 1.53. The summed E-state index contributed by atoms with van der Waals surface area (Å²) in [4.78, 5) is 39.7. The Bertz CT molecular complexity index is 1070. The molecule has 0 aliphatic carbocycles. The lowest BCUT2D eigenvalue weighted by Crippen LogP contribution is -2.57. The number of methoxy groups -OCH3 is 1. The van der Waals surface area contributed by atoms with Gasteiger partial charge < -0.3 is 30.5 Å². The number of ketones is 1. The van der Waals surface area contributed by atoms with Crippen LogP contribution < -0.4 is 20.7 Å². The molecule has 2 amide bonds. The number of rotatable bonds is 11. The molecule has 9 nitrogen and oxygen atoms in total. The second kappa shape index (κ2) is 11.2. The van der Waals surface area contributed by atoms with Crippen LogP contribution in [-0.2, 0) is 32.0 Å². The van der Waals surface area contributed by atoms with Crippen LogP contribution in [0.5, 0.6) is 5.75 Å². The second-order valence-corrected chi connectivity index (χ2v) is 9.54. The fourth-order valence-electron chi connectivity index (χ4n) is 4.38. The number of hydrogen-bond acceptors (Lipinski definition) is 7. The molecule has 0 saturated carbocycles. The van der Waals surface area contributed by atoms with E-state index in [2.05, 4.69) is 16.0 Å². The van der Waals surface area contributed by atoms with E-state index in [0.29, 0.717) is 31.7 Å². The Morgan fingerprint density at radius 3 is 2.28 bits per heavy atom. The van der Waals surface area contributed by atoms with Crippen LogP contribution in [0.15, 0.2) is 54.6 Å². The van der Waals surface area contributed by atoms with Gasteiger partial charge in [0.15, 0.2) is 5.78 Å². The van der Waals surface area contributed by atoms with Crippen LogP contribution in [0.3, 0.4) is 0 Å². The van der Waals surface area contributed by atoms with E-state index in [9.17, 15) is 19.5 Å². The van der Waals surface area contributed by atoms with E-state index in [1.165, 1.54) is 0 Å². The maximum atomic E-state index is 13.5. The summed E-state index contributed by atoms with van der Waals surface area (Å²) in [5.74, 6) is -0.474. The number of amides is 2. The lowest BCUT2D eigenvalue weighted by molar-refractivity contribution is -0.133. The van der Waals surface area contributed by atoms with Crippen LogP contribution in [0, 0.1) is 0 Å². The molecule has 36 heavy (non-hydrogen) atoms. The zero-order chi connectivity index (χ0) is 25.7. The monoisotopic (exact) mass is 495 g/mol. The van der Waals surface area contributed by atoms with Gasteiger partial charge >= 0.3 is 0 Å². The van der Waals surface area contributed by atoms with Gasteiger partial charge in [0, 0.05) is 6.42 Å². The average molecular weight is 496 g/mol. The topological polar surface area (TPSA) is 129 Å². The molecule has 0 unspecified atom stereocenters. The van der Waals surface area contributed by atoms with Gasteiger partial charge in [0.25, 0.3) is 0 Å². The van der Waals surface area contributed by atoms with Crippen LogP contribution in [0.25, 0.3) is 0 Å². The zero-order valence-electron chi connectivity index (χ0n) is 20.5. The van der Waals surface area contributed by atoms with Crippen molar-refractivity contribution in [2.45, 2.75) is 56.0 Å². The van der Waals surface area contributed by atoms with E-state index in [1.54, 1.807) is 26.2 Å². The third-order valence-electron chi connectivity index (χ3n) is 6.72. The molecule has 0 spiro atoms. The lowest BCUT2D eigenvalue weighted by atomic mass is 9.94. The molecular weight excluding hydrogens is 462 g/mol. The highest BCUT2D eigenvalue weighted by molar-refractivity contribution is 5.98. The van der Waals surface area contributed by atoms with Crippen LogP contribution >= 0.6 is 0 Å². The summed E-state index contributed by atoms with van der Waals surface area (Å²) in [5, 5.41) is 18.8. The average Bonchev–Trinajstić information content (AvgIpc) is 3.49. The Kier molecular flexibility index (Phi) is 8.03.